The highest BCUT2D eigenvalue weighted by Crippen LogP contribution is 2.26. The molecular formula is C20H21ClN2O6S2. The predicted molar refractivity (Wildman–Crippen MR) is 118 cm³/mol. The van der Waals surface area contributed by atoms with Crippen molar-refractivity contribution < 1.29 is 27.5 Å². The van der Waals surface area contributed by atoms with Gasteiger partial charge in [-0.1, -0.05) is 29.8 Å². The highest BCUT2D eigenvalue weighted by atomic mass is 35.5. The maximum absolute atomic E-state index is 12.7. The summed E-state index contributed by atoms with van der Waals surface area (Å²) in [5, 5.41) is 3.08. The third-order valence-electron chi connectivity index (χ3n) is 4.27. The number of hydrogen-bond donors (Lipinski definition) is 1. The van der Waals surface area contributed by atoms with Gasteiger partial charge in [-0.25, -0.2) is 8.42 Å². The summed E-state index contributed by atoms with van der Waals surface area (Å²) >= 11 is 7.24. The van der Waals surface area contributed by atoms with Gasteiger partial charge < -0.3 is 14.8 Å². The Morgan fingerprint density at radius 3 is 2.61 bits per heavy atom. The Kier molecular flexibility index (Phi) is 8.33. The molecule has 1 aliphatic rings. The van der Waals surface area contributed by atoms with Gasteiger partial charge in [0.05, 0.1) is 28.9 Å². The number of carbonyl (C=O) groups is 2. The third kappa shape index (κ3) is 6.68. The molecule has 166 valence electrons. The lowest BCUT2D eigenvalue weighted by Gasteiger charge is -2.26. The maximum atomic E-state index is 12.7. The van der Waals surface area contributed by atoms with Crippen LogP contribution in [-0.4, -0.2) is 63.3 Å². The first-order valence-corrected chi connectivity index (χ1v) is 12.2. The lowest BCUT2D eigenvalue weighted by molar-refractivity contribution is -0.144. The summed E-state index contributed by atoms with van der Waals surface area (Å²) in [7, 11) is -3.68. The van der Waals surface area contributed by atoms with Crippen LogP contribution in [0.3, 0.4) is 0 Å². The number of ether oxygens (including phenoxy) is 2. The Morgan fingerprint density at radius 2 is 1.87 bits per heavy atom. The van der Waals surface area contributed by atoms with Crippen LogP contribution >= 0.6 is 23.4 Å². The van der Waals surface area contributed by atoms with Crippen LogP contribution in [0.15, 0.2) is 58.3 Å². The molecule has 31 heavy (non-hydrogen) atoms. The summed E-state index contributed by atoms with van der Waals surface area (Å²) in [6.07, 6.45) is 0. The molecule has 0 radical (unpaired) electrons. The van der Waals surface area contributed by atoms with Crippen molar-refractivity contribution in [3.63, 3.8) is 0 Å². The van der Waals surface area contributed by atoms with Crippen LogP contribution in [0.5, 0.6) is 0 Å². The van der Waals surface area contributed by atoms with Gasteiger partial charge in [0.1, 0.15) is 0 Å². The fourth-order valence-electron chi connectivity index (χ4n) is 2.75. The molecule has 1 heterocycles. The van der Waals surface area contributed by atoms with Gasteiger partial charge >= 0.3 is 5.97 Å². The van der Waals surface area contributed by atoms with Gasteiger partial charge in [-0.05, 0) is 30.3 Å². The van der Waals surface area contributed by atoms with Gasteiger partial charge in [0.2, 0.25) is 10.0 Å². The van der Waals surface area contributed by atoms with Crippen molar-refractivity contribution in [1.82, 2.24) is 4.31 Å². The number of hydrogen-bond acceptors (Lipinski definition) is 7. The summed E-state index contributed by atoms with van der Waals surface area (Å²) in [6, 6.07) is 13.0. The molecule has 1 saturated heterocycles. The topological polar surface area (TPSA) is 102 Å². The van der Waals surface area contributed by atoms with E-state index < -0.39 is 28.5 Å². The number of nitrogens with zero attached hydrogens (tertiary/aromatic N) is 1. The second-order valence-corrected chi connectivity index (χ2v) is 9.83. The Hall–Kier alpha value is -2.11. The molecule has 3 rings (SSSR count). The Morgan fingerprint density at radius 1 is 1.13 bits per heavy atom. The van der Waals surface area contributed by atoms with Crippen LogP contribution in [0.4, 0.5) is 5.69 Å². The summed E-state index contributed by atoms with van der Waals surface area (Å²) in [5.74, 6) is -1.13. The highest BCUT2D eigenvalue weighted by Gasteiger charge is 2.26. The number of carbonyl (C=O) groups excluding carboxylic acids is 2. The first-order valence-electron chi connectivity index (χ1n) is 9.37. The van der Waals surface area contributed by atoms with E-state index in [0.29, 0.717) is 23.9 Å². The van der Waals surface area contributed by atoms with E-state index in [1.54, 1.807) is 30.3 Å². The second-order valence-electron chi connectivity index (χ2n) is 6.47. The number of halogens is 1. The van der Waals surface area contributed by atoms with Crippen LogP contribution in [0.2, 0.25) is 5.02 Å². The number of morpholine rings is 1. The zero-order chi connectivity index (χ0) is 22.3. The van der Waals surface area contributed by atoms with Crippen molar-refractivity contribution in [2.75, 3.05) is 44.0 Å². The number of nitrogens with one attached hydrogen (secondary N) is 1. The number of thioether (sulfide) groups is 1. The smallest absolute Gasteiger partial charge is 0.316 e. The third-order valence-corrected chi connectivity index (χ3v) is 7.66. The molecule has 0 unspecified atom stereocenters. The molecular weight excluding hydrogens is 464 g/mol. The number of esters is 1. The molecule has 0 bridgehead atoms. The van der Waals surface area contributed by atoms with Gasteiger partial charge in [0.25, 0.3) is 5.91 Å². The van der Waals surface area contributed by atoms with Crippen molar-refractivity contribution in [2.45, 2.75) is 9.79 Å². The number of rotatable bonds is 8. The lowest BCUT2D eigenvalue weighted by Crippen LogP contribution is -2.40. The SMILES string of the molecule is O=C(COC(=O)CSc1ccccc1Cl)Nc1cccc(S(=O)(=O)N2CCOCC2)c1. The van der Waals surface area contributed by atoms with Gasteiger partial charge in [0, 0.05) is 23.7 Å². The van der Waals surface area contributed by atoms with E-state index in [1.807, 2.05) is 0 Å². The minimum atomic E-state index is -3.68. The average Bonchev–Trinajstić information content (AvgIpc) is 2.78. The van der Waals surface area contributed by atoms with Crippen LogP contribution in [0.1, 0.15) is 0 Å². The molecule has 0 atom stereocenters. The van der Waals surface area contributed by atoms with E-state index in [1.165, 1.54) is 34.3 Å². The number of sulfonamides is 1. The number of benzene rings is 2. The van der Waals surface area contributed by atoms with E-state index in [-0.39, 0.29) is 23.7 Å². The molecule has 0 spiro atoms. The molecule has 0 aliphatic carbocycles. The first kappa shape index (κ1) is 23.6. The monoisotopic (exact) mass is 484 g/mol. The van der Waals surface area contributed by atoms with Crippen molar-refractivity contribution in [1.29, 1.82) is 0 Å². The Balaban J connectivity index is 1.51. The van der Waals surface area contributed by atoms with E-state index in [9.17, 15) is 18.0 Å². The van der Waals surface area contributed by atoms with E-state index in [0.717, 1.165) is 4.90 Å². The molecule has 1 amide bonds. The molecule has 11 heteroatoms. The molecule has 0 aromatic heterocycles. The second kappa shape index (κ2) is 11.0. The van der Waals surface area contributed by atoms with Crippen LogP contribution in [0, 0.1) is 0 Å². The van der Waals surface area contributed by atoms with Crippen molar-refractivity contribution in [2.24, 2.45) is 0 Å². The first-order chi connectivity index (χ1) is 14.9. The van der Waals surface area contributed by atoms with Crippen molar-refractivity contribution in [3.8, 4) is 0 Å². The summed E-state index contributed by atoms with van der Waals surface area (Å²) in [5.41, 5.74) is 0.292. The van der Waals surface area contributed by atoms with Crippen LogP contribution in [0.25, 0.3) is 0 Å². The minimum absolute atomic E-state index is 0.00426. The lowest BCUT2D eigenvalue weighted by atomic mass is 10.3. The number of anilines is 1. The van der Waals surface area contributed by atoms with Gasteiger partial charge in [-0.15, -0.1) is 11.8 Å². The summed E-state index contributed by atoms with van der Waals surface area (Å²) in [4.78, 5) is 24.8. The number of amides is 1. The fourth-order valence-corrected chi connectivity index (χ4v) is 5.24. The molecule has 2 aromatic rings. The Labute approximate surface area is 189 Å². The molecule has 0 saturated carbocycles. The zero-order valence-corrected chi connectivity index (χ0v) is 18.8. The predicted octanol–water partition coefficient (Wildman–Crippen LogP) is 2.63. The summed E-state index contributed by atoms with van der Waals surface area (Å²) in [6.45, 7) is 0.760. The van der Waals surface area contributed by atoms with Crippen LogP contribution < -0.4 is 5.32 Å². The van der Waals surface area contributed by atoms with Gasteiger partial charge in [0.15, 0.2) is 6.61 Å². The van der Waals surface area contributed by atoms with Crippen molar-refractivity contribution >= 4 is 50.9 Å². The highest BCUT2D eigenvalue weighted by molar-refractivity contribution is 8.00. The Bertz CT molecular complexity index is 1040. The standard InChI is InChI=1S/C20H21ClN2O6S2/c21-17-6-1-2-7-18(17)30-14-20(25)29-13-19(24)22-15-4-3-5-16(12-15)31(26,27)23-8-10-28-11-9-23/h1-7,12H,8-11,13-14H2,(H,22,24). The quantitative estimate of drug-likeness (QED) is 0.454. The van der Waals surface area contributed by atoms with Crippen molar-refractivity contribution in [3.05, 3.63) is 53.6 Å². The van der Waals surface area contributed by atoms with E-state index >= 15 is 0 Å². The maximum Gasteiger partial charge on any atom is 0.316 e. The fraction of sp³-hybridized carbons (Fsp3) is 0.300. The largest absolute Gasteiger partial charge is 0.455 e. The van der Waals surface area contributed by atoms with E-state index in [2.05, 4.69) is 5.32 Å². The van der Waals surface area contributed by atoms with Gasteiger partial charge in [-0.2, -0.15) is 4.31 Å². The molecule has 1 aliphatic heterocycles. The molecule has 8 nitrogen and oxygen atoms in total. The molecule has 1 fully saturated rings. The zero-order valence-electron chi connectivity index (χ0n) is 16.5. The van der Waals surface area contributed by atoms with Crippen LogP contribution in [-0.2, 0) is 29.1 Å². The average molecular weight is 485 g/mol. The molecule has 1 N–H and O–H groups in total. The summed E-state index contributed by atoms with van der Waals surface area (Å²) < 4.78 is 37.0. The normalized spacial score (nSPS) is 14.7. The molecule has 2 aromatic carbocycles. The van der Waals surface area contributed by atoms with E-state index in [4.69, 9.17) is 21.1 Å². The van der Waals surface area contributed by atoms with Gasteiger partial charge in [-0.3, -0.25) is 9.59 Å². The minimum Gasteiger partial charge on any atom is -0.455 e.